The lowest BCUT2D eigenvalue weighted by molar-refractivity contribution is -0.136. The van der Waals surface area contributed by atoms with Gasteiger partial charge in [0.25, 0.3) is 0 Å². The van der Waals surface area contributed by atoms with Crippen molar-refractivity contribution >= 4 is 5.91 Å². The Balaban J connectivity index is 1.68. The summed E-state index contributed by atoms with van der Waals surface area (Å²) < 4.78 is 5.31. The summed E-state index contributed by atoms with van der Waals surface area (Å²) >= 11 is 0. The van der Waals surface area contributed by atoms with E-state index in [4.69, 9.17) is 10.5 Å². The van der Waals surface area contributed by atoms with E-state index in [0.717, 1.165) is 19.5 Å². The monoisotopic (exact) mass is 253 g/mol. The van der Waals surface area contributed by atoms with E-state index in [2.05, 4.69) is 11.9 Å². The zero-order valence-electron chi connectivity index (χ0n) is 11.0. The maximum absolute atomic E-state index is 12.5. The minimum absolute atomic E-state index is 0.115. The molecule has 3 aliphatic heterocycles. The molecule has 0 aromatic heterocycles. The topological polar surface area (TPSA) is 58.8 Å². The molecular weight excluding hydrogens is 230 g/mol. The molecule has 2 bridgehead atoms. The van der Waals surface area contributed by atoms with Gasteiger partial charge in [-0.15, -0.1) is 0 Å². The first-order chi connectivity index (χ1) is 8.66. The molecule has 3 fully saturated rings. The summed E-state index contributed by atoms with van der Waals surface area (Å²) in [6.07, 6.45) is 3.61. The van der Waals surface area contributed by atoms with E-state index in [-0.39, 0.29) is 17.9 Å². The lowest BCUT2D eigenvalue weighted by Gasteiger charge is -2.28. The van der Waals surface area contributed by atoms with Crippen molar-refractivity contribution in [2.75, 3.05) is 33.4 Å². The number of rotatable bonds is 1. The van der Waals surface area contributed by atoms with Crippen LogP contribution in [0.4, 0.5) is 0 Å². The summed E-state index contributed by atoms with van der Waals surface area (Å²) in [6.45, 7) is 2.78. The summed E-state index contributed by atoms with van der Waals surface area (Å²) in [6, 6.07) is 1.09. The highest BCUT2D eigenvalue weighted by Gasteiger charge is 2.40. The fourth-order valence-corrected chi connectivity index (χ4v) is 3.57. The number of fused-ring (bicyclic) bond motifs is 2. The maximum atomic E-state index is 12.5. The number of likely N-dealkylation sites (tertiary alicyclic amines) is 1. The lowest BCUT2D eigenvalue weighted by Crippen LogP contribution is -2.46. The van der Waals surface area contributed by atoms with E-state index in [1.165, 1.54) is 12.8 Å². The third-order valence-corrected chi connectivity index (χ3v) is 4.90. The zero-order chi connectivity index (χ0) is 12.7. The van der Waals surface area contributed by atoms with Crippen LogP contribution in [0.15, 0.2) is 0 Å². The number of carbonyl (C=O) groups excluding carboxylic acids is 1. The molecule has 0 aromatic carbocycles. The summed E-state index contributed by atoms with van der Waals surface area (Å²) in [4.78, 5) is 17.0. The van der Waals surface area contributed by atoms with Crippen LogP contribution in [-0.2, 0) is 9.53 Å². The number of carbonyl (C=O) groups is 1. The molecule has 5 heteroatoms. The first-order valence-electron chi connectivity index (χ1n) is 7.01. The van der Waals surface area contributed by atoms with Gasteiger partial charge in [-0.2, -0.15) is 0 Å². The second-order valence-corrected chi connectivity index (χ2v) is 5.93. The Kier molecular flexibility index (Phi) is 3.30. The Morgan fingerprint density at radius 3 is 2.72 bits per heavy atom. The van der Waals surface area contributed by atoms with Gasteiger partial charge in [0, 0.05) is 31.2 Å². The van der Waals surface area contributed by atoms with Gasteiger partial charge < -0.3 is 15.4 Å². The van der Waals surface area contributed by atoms with Crippen LogP contribution in [-0.4, -0.2) is 67.2 Å². The van der Waals surface area contributed by atoms with Crippen LogP contribution >= 0.6 is 0 Å². The third-order valence-electron chi connectivity index (χ3n) is 4.90. The minimum atomic E-state index is -0.119. The first kappa shape index (κ1) is 12.4. The van der Waals surface area contributed by atoms with Gasteiger partial charge in [-0.3, -0.25) is 9.69 Å². The summed E-state index contributed by atoms with van der Waals surface area (Å²) in [5.74, 6) is 0.0906. The fourth-order valence-electron chi connectivity index (χ4n) is 3.57. The predicted molar refractivity (Wildman–Crippen MR) is 68.1 cm³/mol. The molecule has 102 valence electrons. The van der Waals surface area contributed by atoms with Gasteiger partial charge in [0.2, 0.25) is 5.91 Å². The van der Waals surface area contributed by atoms with E-state index in [1.54, 1.807) is 0 Å². The number of nitrogens with two attached hydrogens (primary N) is 1. The minimum Gasteiger partial charge on any atom is -0.379 e. The Hall–Kier alpha value is -0.650. The van der Waals surface area contributed by atoms with Crippen LogP contribution in [0.1, 0.15) is 19.3 Å². The molecule has 0 saturated carbocycles. The van der Waals surface area contributed by atoms with Crippen LogP contribution in [0.25, 0.3) is 0 Å². The molecule has 3 saturated heterocycles. The van der Waals surface area contributed by atoms with Gasteiger partial charge in [0.05, 0.1) is 19.1 Å². The van der Waals surface area contributed by atoms with Gasteiger partial charge in [0.1, 0.15) is 0 Å². The average Bonchev–Trinajstić information content (AvgIpc) is 2.84. The normalized spacial score (nSPS) is 41.1. The second kappa shape index (κ2) is 4.79. The maximum Gasteiger partial charge on any atom is 0.229 e. The molecule has 0 aliphatic carbocycles. The molecule has 18 heavy (non-hydrogen) atoms. The average molecular weight is 253 g/mol. The van der Waals surface area contributed by atoms with Crippen molar-refractivity contribution in [3.8, 4) is 0 Å². The third kappa shape index (κ3) is 2.04. The molecular formula is C13H23N3O2. The number of nitrogens with zero attached hydrogens (tertiary/aromatic N) is 2. The van der Waals surface area contributed by atoms with Crippen molar-refractivity contribution in [1.29, 1.82) is 0 Å². The van der Waals surface area contributed by atoms with Crippen molar-refractivity contribution in [2.24, 2.45) is 11.7 Å². The molecule has 3 heterocycles. The molecule has 1 amide bonds. The molecule has 0 radical (unpaired) electrons. The van der Waals surface area contributed by atoms with E-state index < -0.39 is 0 Å². The highest BCUT2D eigenvalue weighted by molar-refractivity contribution is 5.80. The smallest absolute Gasteiger partial charge is 0.229 e. The van der Waals surface area contributed by atoms with Gasteiger partial charge in [-0.25, -0.2) is 0 Å². The van der Waals surface area contributed by atoms with Crippen molar-refractivity contribution in [2.45, 2.75) is 37.4 Å². The van der Waals surface area contributed by atoms with Crippen molar-refractivity contribution in [3.63, 3.8) is 0 Å². The van der Waals surface area contributed by atoms with E-state index in [1.807, 2.05) is 4.90 Å². The number of hydrogen-bond donors (Lipinski definition) is 1. The molecule has 2 N–H and O–H groups in total. The zero-order valence-corrected chi connectivity index (χ0v) is 11.0. The fraction of sp³-hybridized carbons (Fsp3) is 0.923. The molecule has 3 rings (SSSR count). The van der Waals surface area contributed by atoms with Crippen molar-refractivity contribution < 1.29 is 9.53 Å². The Morgan fingerprint density at radius 2 is 2.00 bits per heavy atom. The number of hydrogen-bond acceptors (Lipinski definition) is 4. The van der Waals surface area contributed by atoms with Crippen molar-refractivity contribution in [1.82, 2.24) is 9.80 Å². The van der Waals surface area contributed by atoms with Crippen LogP contribution in [0.5, 0.6) is 0 Å². The Morgan fingerprint density at radius 1 is 1.22 bits per heavy atom. The van der Waals surface area contributed by atoms with E-state index in [9.17, 15) is 4.79 Å². The van der Waals surface area contributed by atoms with E-state index >= 15 is 0 Å². The summed E-state index contributed by atoms with van der Waals surface area (Å²) in [5, 5.41) is 0. The summed E-state index contributed by atoms with van der Waals surface area (Å²) in [7, 11) is 2.20. The molecule has 4 atom stereocenters. The molecule has 3 aliphatic rings. The first-order valence-corrected chi connectivity index (χ1v) is 7.01. The highest BCUT2D eigenvalue weighted by Crippen LogP contribution is 2.29. The van der Waals surface area contributed by atoms with Crippen LogP contribution in [0.2, 0.25) is 0 Å². The van der Waals surface area contributed by atoms with Gasteiger partial charge in [-0.05, 0) is 26.3 Å². The van der Waals surface area contributed by atoms with Gasteiger partial charge >= 0.3 is 0 Å². The Bertz CT molecular complexity index is 336. The van der Waals surface area contributed by atoms with Crippen LogP contribution in [0, 0.1) is 5.92 Å². The molecule has 0 aromatic rings. The van der Waals surface area contributed by atoms with Gasteiger partial charge in [0.15, 0.2) is 0 Å². The number of amides is 1. The molecule has 4 unspecified atom stereocenters. The SMILES string of the molecule is CN1C2CCC1CN(C(=O)C1COCC1N)CC2. The highest BCUT2D eigenvalue weighted by atomic mass is 16.5. The van der Waals surface area contributed by atoms with Crippen LogP contribution < -0.4 is 5.73 Å². The standard InChI is InChI=1S/C13H23N3O2/c1-15-9-2-3-10(15)6-16(5-4-9)13(17)11-7-18-8-12(11)14/h9-12H,2-8,14H2,1H3. The van der Waals surface area contributed by atoms with Crippen molar-refractivity contribution in [3.05, 3.63) is 0 Å². The van der Waals surface area contributed by atoms with Gasteiger partial charge in [-0.1, -0.05) is 0 Å². The molecule has 5 nitrogen and oxygen atoms in total. The largest absolute Gasteiger partial charge is 0.379 e. The number of ether oxygens (including phenoxy) is 1. The Labute approximate surface area is 108 Å². The predicted octanol–water partition coefficient (Wildman–Crippen LogP) is -0.345. The molecule has 0 spiro atoms. The van der Waals surface area contributed by atoms with Crippen LogP contribution in [0.3, 0.4) is 0 Å². The lowest BCUT2D eigenvalue weighted by atomic mass is 10.0. The quantitative estimate of drug-likeness (QED) is 0.694. The van der Waals surface area contributed by atoms with E-state index in [0.29, 0.717) is 25.3 Å². The second-order valence-electron chi connectivity index (χ2n) is 5.93. The number of likely N-dealkylation sites (N-methyl/N-ethyl adjacent to an activating group) is 1. The summed E-state index contributed by atoms with van der Waals surface area (Å²) in [5.41, 5.74) is 5.95.